The first-order valence-electron chi connectivity index (χ1n) is 22.1. The number of nitro benzene ring substituents is 1. The Morgan fingerprint density at radius 2 is 0.730 bits per heavy atom. The average molecular weight is 866 g/mol. The van der Waals surface area contributed by atoms with Gasteiger partial charge >= 0.3 is 0 Å². The number of allylic oxidation sites excluding steroid dienone is 4. The number of benzene rings is 4. The fraction of sp³-hybridized carbons (Fsp3) is 0.333. The second-order valence-electron chi connectivity index (χ2n) is 17.8. The van der Waals surface area contributed by atoms with Crippen LogP contribution in [-0.4, -0.2) is 28.2 Å². The second-order valence-corrected chi connectivity index (χ2v) is 29.0. The number of non-ortho nitro benzene ring substituents is 1. The molecule has 0 amide bonds. The highest BCUT2D eigenvalue weighted by molar-refractivity contribution is 6.91. The van der Waals surface area contributed by atoms with Crippen molar-refractivity contribution in [3.8, 4) is 40.5 Å². The number of hydrogen-bond donors (Lipinski definition) is 0. The molecule has 0 heterocycles. The Kier molecular flexibility index (Phi) is 17.9. The highest BCUT2D eigenvalue weighted by Crippen LogP contribution is 2.42. The van der Waals surface area contributed by atoms with E-state index in [1.54, 1.807) is 19.2 Å². The van der Waals surface area contributed by atoms with Crippen molar-refractivity contribution >= 4 is 44.1 Å². The molecular weight excluding hydrogens is 803 g/mol. The van der Waals surface area contributed by atoms with Crippen molar-refractivity contribution in [2.45, 2.75) is 116 Å². The van der Waals surface area contributed by atoms with Crippen LogP contribution in [0.25, 0.3) is 22.3 Å². The Balaban J connectivity index is 2.17. The summed E-state index contributed by atoms with van der Waals surface area (Å²) in [5.41, 5.74) is 30.1. The van der Waals surface area contributed by atoms with Gasteiger partial charge in [0.15, 0.2) is 0 Å². The lowest BCUT2D eigenvalue weighted by Crippen LogP contribution is -2.43. The minimum absolute atomic E-state index is 0.0151. The van der Waals surface area contributed by atoms with Crippen LogP contribution in [0, 0.1) is 44.9 Å². The predicted octanol–water partition coefficient (Wildman–Crippen LogP) is 15.2. The molecule has 0 saturated heterocycles. The van der Waals surface area contributed by atoms with Crippen LogP contribution in [0.4, 0.5) is 5.69 Å². The standard InChI is InChI=1S/C57H63NO3Si2/c1-42(2)62(43(3)4,44(5)6)40-38-54(52-30-34-56(35-31-52)58(59)60)28-26-50(48-20-16-14-17-21-48)24-25-51(49-22-18-15-19-23-49)27-29-55(53-32-36-57(61-13)37-33-53)39-41-63(45(7)8,46(9)10)47(11)12/h14-23,30-37,42-47H,1-13H3. The summed E-state index contributed by atoms with van der Waals surface area (Å²) in [6.45, 7) is 27.6. The molecule has 6 heteroatoms. The Labute approximate surface area is 380 Å². The zero-order valence-corrected chi connectivity index (χ0v) is 41.5. The van der Waals surface area contributed by atoms with E-state index in [-0.39, 0.29) is 5.69 Å². The predicted molar refractivity (Wildman–Crippen MR) is 272 cm³/mol. The van der Waals surface area contributed by atoms with Crippen molar-refractivity contribution in [3.63, 3.8) is 0 Å². The summed E-state index contributed by atoms with van der Waals surface area (Å²) >= 11 is 0. The van der Waals surface area contributed by atoms with Crippen LogP contribution in [0.15, 0.2) is 132 Å². The van der Waals surface area contributed by atoms with E-state index in [9.17, 15) is 10.1 Å². The number of hydrogen-bond acceptors (Lipinski definition) is 3. The molecule has 0 atom stereocenters. The molecule has 0 bridgehead atoms. The van der Waals surface area contributed by atoms with E-state index >= 15 is 0 Å². The van der Waals surface area contributed by atoms with E-state index in [1.165, 1.54) is 12.1 Å². The topological polar surface area (TPSA) is 52.4 Å². The molecule has 0 N–H and O–H groups in total. The highest BCUT2D eigenvalue weighted by atomic mass is 28.3. The van der Waals surface area contributed by atoms with E-state index in [4.69, 9.17) is 4.74 Å². The van der Waals surface area contributed by atoms with Gasteiger partial charge in [-0.05, 0) is 91.9 Å². The third-order valence-electron chi connectivity index (χ3n) is 12.3. The number of ether oxygens (including phenoxy) is 1. The van der Waals surface area contributed by atoms with Gasteiger partial charge in [0.1, 0.15) is 21.9 Å². The van der Waals surface area contributed by atoms with Crippen LogP contribution in [0.5, 0.6) is 5.75 Å². The molecule has 4 aromatic carbocycles. The molecule has 322 valence electrons. The summed E-state index contributed by atoms with van der Waals surface area (Å²) in [6.07, 6.45) is 0. The van der Waals surface area contributed by atoms with Crippen molar-refractivity contribution in [2.24, 2.45) is 0 Å². The minimum atomic E-state index is -2.15. The van der Waals surface area contributed by atoms with Crippen molar-refractivity contribution in [1.29, 1.82) is 0 Å². The van der Waals surface area contributed by atoms with Gasteiger partial charge in [0.2, 0.25) is 0 Å². The lowest BCUT2D eigenvalue weighted by molar-refractivity contribution is -0.384. The molecule has 0 fully saturated rings. The molecule has 0 aliphatic rings. The van der Waals surface area contributed by atoms with Crippen LogP contribution >= 0.6 is 0 Å². The van der Waals surface area contributed by atoms with E-state index in [1.807, 2.05) is 84.9 Å². The maximum atomic E-state index is 11.6. The molecular formula is C57H63NO3Si2. The minimum Gasteiger partial charge on any atom is -0.497 e. The molecule has 0 spiro atoms. The van der Waals surface area contributed by atoms with E-state index in [0.717, 1.165) is 33.6 Å². The normalized spacial score (nSPS) is 11.0. The zero-order chi connectivity index (χ0) is 46.3. The van der Waals surface area contributed by atoms with Crippen molar-refractivity contribution < 1.29 is 9.66 Å². The lowest BCUT2D eigenvalue weighted by atomic mass is 10.0. The Bertz CT molecular complexity index is 2580. The van der Waals surface area contributed by atoms with Gasteiger partial charge in [-0.25, -0.2) is 0 Å². The van der Waals surface area contributed by atoms with E-state index in [0.29, 0.717) is 50.0 Å². The molecule has 0 unspecified atom stereocenters. The van der Waals surface area contributed by atoms with Gasteiger partial charge in [-0.3, -0.25) is 10.1 Å². The summed E-state index contributed by atoms with van der Waals surface area (Å²) < 4.78 is 5.49. The molecule has 0 aliphatic heterocycles. The van der Waals surface area contributed by atoms with Gasteiger partial charge < -0.3 is 4.74 Å². The summed E-state index contributed by atoms with van der Waals surface area (Å²) in [4.78, 5) is 11.2. The molecule has 0 aliphatic carbocycles. The van der Waals surface area contributed by atoms with Crippen LogP contribution in [-0.2, 0) is 0 Å². The first kappa shape index (κ1) is 49.4. The zero-order valence-electron chi connectivity index (χ0n) is 39.5. The molecule has 4 aromatic rings. The summed E-state index contributed by atoms with van der Waals surface area (Å²) in [5, 5.41) is 11.6. The number of methoxy groups -OCH3 is 1. The smallest absolute Gasteiger partial charge is 0.269 e. The summed E-state index contributed by atoms with van der Waals surface area (Å²) in [5.74, 6) is 14.8. The van der Waals surface area contributed by atoms with Gasteiger partial charge in [0, 0.05) is 12.1 Å². The number of rotatable bonds is 12. The first-order chi connectivity index (χ1) is 30.0. The molecule has 4 rings (SSSR count). The van der Waals surface area contributed by atoms with Gasteiger partial charge in [0.25, 0.3) is 5.69 Å². The van der Waals surface area contributed by atoms with Crippen molar-refractivity contribution in [2.75, 3.05) is 7.11 Å². The molecule has 0 radical (unpaired) electrons. The van der Waals surface area contributed by atoms with Crippen LogP contribution in [0.1, 0.15) is 105 Å². The molecule has 0 saturated carbocycles. The van der Waals surface area contributed by atoms with E-state index in [2.05, 4.69) is 141 Å². The third kappa shape index (κ3) is 12.3. The van der Waals surface area contributed by atoms with Gasteiger partial charge in [-0.15, -0.1) is 11.1 Å². The van der Waals surface area contributed by atoms with Crippen LogP contribution in [0.3, 0.4) is 0 Å². The van der Waals surface area contributed by atoms with Gasteiger partial charge in [-0.2, -0.15) is 0 Å². The SMILES string of the molecule is COc1ccc(C(=C=C=C(C#CC(=C=C=C(C#C[Si](C(C)C)(C(C)C)C(C)C)c2ccc([N+](=O)[O-])cc2)c2ccccc2)c2ccccc2)C#C[Si](C(C)C)(C(C)C)C(C)C)cc1. The largest absolute Gasteiger partial charge is 0.497 e. The van der Waals surface area contributed by atoms with Crippen LogP contribution < -0.4 is 4.74 Å². The number of nitrogens with zero attached hydrogens (tertiary/aromatic N) is 1. The van der Waals surface area contributed by atoms with Gasteiger partial charge in [0.05, 0.1) is 34.3 Å². The maximum absolute atomic E-state index is 11.6. The summed E-state index contributed by atoms with van der Waals surface area (Å²) in [7, 11) is -2.56. The number of nitro groups is 1. The average Bonchev–Trinajstić information content (AvgIpc) is 3.26. The summed E-state index contributed by atoms with van der Waals surface area (Å²) in [6, 6.07) is 34.3. The Morgan fingerprint density at radius 3 is 1.02 bits per heavy atom. The highest BCUT2D eigenvalue weighted by Gasteiger charge is 2.42. The van der Waals surface area contributed by atoms with Crippen molar-refractivity contribution in [3.05, 3.63) is 164 Å². The fourth-order valence-electron chi connectivity index (χ4n) is 9.00. The molecule has 63 heavy (non-hydrogen) atoms. The Morgan fingerprint density at radius 1 is 0.444 bits per heavy atom. The second kappa shape index (κ2) is 22.8. The van der Waals surface area contributed by atoms with Gasteiger partial charge in [-0.1, -0.05) is 190 Å². The molecule has 4 nitrogen and oxygen atoms in total. The van der Waals surface area contributed by atoms with Crippen molar-refractivity contribution in [1.82, 2.24) is 0 Å². The van der Waals surface area contributed by atoms with E-state index < -0.39 is 21.1 Å². The Hall–Kier alpha value is -6.21. The monoisotopic (exact) mass is 865 g/mol. The molecule has 0 aromatic heterocycles. The third-order valence-corrected chi connectivity index (χ3v) is 24.9. The first-order valence-corrected chi connectivity index (χ1v) is 26.5. The fourth-order valence-corrected chi connectivity index (χ4v) is 19.4. The van der Waals surface area contributed by atoms with Crippen LogP contribution in [0.2, 0.25) is 33.2 Å². The maximum Gasteiger partial charge on any atom is 0.269 e. The quantitative estimate of drug-likeness (QED) is 0.0469. The lowest BCUT2D eigenvalue weighted by Gasteiger charge is -2.38.